The van der Waals surface area contributed by atoms with Crippen LogP contribution in [0.2, 0.25) is 0 Å². The van der Waals surface area contributed by atoms with Crippen LogP contribution in [0.5, 0.6) is 11.5 Å². The van der Waals surface area contributed by atoms with Crippen molar-refractivity contribution in [3.63, 3.8) is 0 Å². The molecule has 0 spiro atoms. The Morgan fingerprint density at radius 3 is 1.16 bits per heavy atom. The minimum absolute atomic E-state index is 0.110. The van der Waals surface area contributed by atoms with Gasteiger partial charge in [0.15, 0.2) is 0 Å². The molecule has 0 saturated heterocycles. The highest BCUT2D eigenvalue weighted by atomic mass is 16.5. The topological polar surface area (TPSA) is 146 Å². The van der Waals surface area contributed by atoms with Gasteiger partial charge < -0.3 is 29.2 Å². The van der Waals surface area contributed by atoms with E-state index < -0.39 is 23.9 Å². The van der Waals surface area contributed by atoms with Crippen LogP contribution in [0, 0.1) is 0 Å². The maximum atomic E-state index is 13.3. The molecule has 0 radical (unpaired) electrons. The Morgan fingerprint density at radius 1 is 0.490 bits per heavy atom. The lowest BCUT2D eigenvalue weighted by atomic mass is 9.89. The van der Waals surface area contributed by atoms with Crippen molar-refractivity contribution in [3.05, 3.63) is 81.9 Å². The quantitative estimate of drug-likeness (QED) is 0.0586. The zero-order chi connectivity index (χ0) is 36.9. The molecule has 51 heavy (non-hydrogen) atoms. The number of hydrogen-bond acceptors (Lipinski definition) is 10. The van der Waals surface area contributed by atoms with Gasteiger partial charge in [0.25, 0.3) is 0 Å². The maximum absolute atomic E-state index is 13.3. The number of unbranched alkanes of at least 4 members (excludes halogenated alkanes) is 4. The lowest BCUT2D eigenvalue weighted by Crippen LogP contribution is -2.10. The summed E-state index contributed by atoms with van der Waals surface area (Å²) in [6.45, 7) is 8.76. The number of phenols is 2. The first-order valence-electron chi connectivity index (χ1n) is 17.9. The molecule has 4 aromatic rings. The second-order valence-electron chi connectivity index (χ2n) is 12.5. The molecule has 10 heteroatoms. The molecule has 0 aliphatic heterocycles. The van der Waals surface area contributed by atoms with Crippen molar-refractivity contribution in [2.45, 2.75) is 85.5 Å². The molecule has 0 fully saturated rings. The fourth-order valence-electron chi connectivity index (χ4n) is 5.60. The van der Waals surface area contributed by atoms with Crippen molar-refractivity contribution in [1.82, 2.24) is 0 Å². The predicted molar refractivity (Wildman–Crippen MR) is 195 cm³/mol. The Kier molecular flexibility index (Phi) is 14.2. The van der Waals surface area contributed by atoms with Crippen LogP contribution < -0.4 is 0 Å². The Morgan fingerprint density at radius 2 is 0.824 bits per heavy atom. The Hall–Kier alpha value is -5.12. The van der Waals surface area contributed by atoms with Gasteiger partial charge in [-0.25, -0.2) is 19.2 Å². The SMILES string of the molecule is CCCCOC(=O)c1ccc2c(Cc3c(O)c(C(=O)OCCCC)cc4cc(C(=O)OCCCC)ccc34)c(O)c(C(=O)OCCCC)cc2c1. The van der Waals surface area contributed by atoms with Gasteiger partial charge in [-0.2, -0.15) is 0 Å². The van der Waals surface area contributed by atoms with Gasteiger partial charge >= 0.3 is 23.9 Å². The van der Waals surface area contributed by atoms with Crippen molar-refractivity contribution in [1.29, 1.82) is 0 Å². The standard InChI is InChI=1S/C41H48O10/c1-5-9-17-48-38(44)26-13-15-30-28(21-26)23-34(40(46)50-19-11-7-3)36(42)32(30)25-33-31-16-14-27(39(45)49-18-10-6-2)22-29(31)24-35(37(33)43)41(47)51-20-12-8-4/h13-16,21-24,42-43H,5-12,17-20,25H2,1-4H3. The fourth-order valence-corrected chi connectivity index (χ4v) is 5.60. The summed E-state index contributed by atoms with van der Waals surface area (Å²) in [4.78, 5) is 52.3. The maximum Gasteiger partial charge on any atom is 0.341 e. The molecule has 0 bridgehead atoms. The van der Waals surface area contributed by atoms with E-state index in [2.05, 4.69) is 0 Å². The largest absolute Gasteiger partial charge is 0.507 e. The van der Waals surface area contributed by atoms with Crippen LogP contribution in [0.3, 0.4) is 0 Å². The zero-order valence-corrected chi connectivity index (χ0v) is 30.0. The first-order valence-corrected chi connectivity index (χ1v) is 17.9. The van der Waals surface area contributed by atoms with Gasteiger partial charge in [-0.1, -0.05) is 65.5 Å². The average molecular weight is 701 g/mol. The van der Waals surface area contributed by atoms with Crippen molar-refractivity contribution in [2.24, 2.45) is 0 Å². The highest BCUT2D eigenvalue weighted by Crippen LogP contribution is 2.40. The van der Waals surface area contributed by atoms with Crippen LogP contribution in [-0.2, 0) is 25.4 Å². The second kappa shape index (κ2) is 18.8. The van der Waals surface area contributed by atoms with Crippen molar-refractivity contribution < 1.29 is 48.3 Å². The molecule has 0 aromatic heterocycles. The van der Waals surface area contributed by atoms with Gasteiger partial charge in [-0.15, -0.1) is 0 Å². The van der Waals surface area contributed by atoms with E-state index >= 15 is 0 Å². The first-order chi connectivity index (χ1) is 24.6. The van der Waals surface area contributed by atoms with E-state index in [1.807, 2.05) is 27.7 Å². The summed E-state index contributed by atoms with van der Waals surface area (Å²) in [6, 6.07) is 12.6. The molecule has 0 atom stereocenters. The number of benzene rings is 4. The highest BCUT2D eigenvalue weighted by molar-refractivity contribution is 6.05. The number of fused-ring (bicyclic) bond motifs is 2. The number of esters is 4. The van der Waals surface area contributed by atoms with Gasteiger partial charge in [0.2, 0.25) is 0 Å². The molecule has 2 N–H and O–H groups in total. The molecule has 0 unspecified atom stereocenters. The number of rotatable bonds is 18. The molecule has 0 heterocycles. The van der Waals surface area contributed by atoms with Gasteiger partial charge in [-0.3, -0.25) is 0 Å². The second-order valence-corrected chi connectivity index (χ2v) is 12.5. The predicted octanol–water partition coefficient (Wildman–Crippen LogP) is 8.82. The Labute approximate surface area is 298 Å². The molecule has 4 aromatic carbocycles. The van der Waals surface area contributed by atoms with Crippen molar-refractivity contribution in [3.8, 4) is 11.5 Å². The molecule has 0 amide bonds. The number of carbonyl (C=O) groups excluding carboxylic acids is 4. The molecule has 0 aliphatic carbocycles. The number of carbonyl (C=O) groups is 4. The van der Waals surface area contributed by atoms with E-state index in [1.165, 1.54) is 12.1 Å². The third-order valence-electron chi connectivity index (χ3n) is 8.62. The van der Waals surface area contributed by atoms with E-state index in [-0.39, 0.29) is 77.7 Å². The van der Waals surface area contributed by atoms with E-state index in [1.54, 1.807) is 36.4 Å². The first kappa shape index (κ1) is 38.7. The van der Waals surface area contributed by atoms with Crippen molar-refractivity contribution >= 4 is 45.4 Å². The number of aromatic hydroxyl groups is 2. The van der Waals surface area contributed by atoms with E-state index in [0.717, 1.165) is 38.5 Å². The lowest BCUT2D eigenvalue weighted by Gasteiger charge is -2.18. The Balaban J connectivity index is 1.90. The summed E-state index contributed by atoms with van der Waals surface area (Å²) in [5.74, 6) is -3.24. The minimum atomic E-state index is -0.742. The molecule has 4 rings (SSSR count). The van der Waals surface area contributed by atoms with Gasteiger partial charge in [0, 0.05) is 17.5 Å². The van der Waals surface area contributed by atoms with Gasteiger partial charge in [-0.05, 0) is 83.6 Å². The molecule has 10 nitrogen and oxygen atoms in total. The lowest BCUT2D eigenvalue weighted by molar-refractivity contribution is 0.0487. The van der Waals surface area contributed by atoms with Crippen LogP contribution >= 0.6 is 0 Å². The minimum Gasteiger partial charge on any atom is -0.507 e. The van der Waals surface area contributed by atoms with Gasteiger partial charge in [0.1, 0.15) is 22.6 Å². The van der Waals surface area contributed by atoms with Crippen LogP contribution in [0.25, 0.3) is 21.5 Å². The highest BCUT2D eigenvalue weighted by Gasteiger charge is 2.25. The summed E-state index contributed by atoms with van der Waals surface area (Å²) in [7, 11) is 0. The normalized spacial score (nSPS) is 11.1. The Bertz CT molecular complexity index is 1740. The van der Waals surface area contributed by atoms with Crippen LogP contribution in [0.4, 0.5) is 0 Å². The van der Waals surface area contributed by atoms with Crippen molar-refractivity contribution in [2.75, 3.05) is 26.4 Å². The third-order valence-corrected chi connectivity index (χ3v) is 8.62. The van der Waals surface area contributed by atoms with Gasteiger partial charge in [0.05, 0.1) is 37.6 Å². The van der Waals surface area contributed by atoms with Crippen LogP contribution in [-0.4, -0.2) is 60.5 Å². The summed E-state index contributed by atoms with van der Waals surface area (Å²) in [5.41, 5.74) is 0.837. The number of hydrogen-bond donors (Lipinski definition) is 2. The fraction of sp³-hybridized carbons (Fsp3) is 0.415. The summed E-state index contributed by atoms with van der Waals surface area (Å²) in [5, 5.41) is 25.3. The summed E-state index contributed by atoms with van der Waals surface area (Å²) in [6.07, 6.45) is 5.88. The van der Waals surface area contributed by atoms with E-state index in [4.69, 9.17) is 18.9 Å². The number of phenolic OH excluding ortho intramolecular Hbond substituents is 2. The summed E-state index contributed by atoms with van der Waals surface area (Å²) >= 11 is 0. The number of ether oxygens (including phenoxy) is 4. The molecule has 0 saturated carbocycles. The molecular weight excluding hydrogens is 652 g/mol. The monoisotopic (exact) mass is 700 g/mol. The zero-order valence-electron chi connectivity index (χ0n) is 30.0. The van der Waals surface area contributed by atoms with E-state index in [9.17, 15) is 29.4 Å². The average Bonchev–Trinajstić information content (AvgIpc) is 3.13. The molecule has 272 valence electrons. The smallest absolute Gasteiger partial charge is 0.341 e. The summed E-state index contributed by atoms with van der Waals surface area (Å²) < 4.78 is 21.7. The molecular formula is C41H48O10. The van der Waals surface area contributed by atoms with Crippen LogP contribution in [0.1, 0.15) is 132 Å². The third kappa shape index (κ3) is 9.57. The van der Waals surface area contributed by atoms with Crippen LogP contribution in [0.15, 0.2) is 48.5 Å². The van der Waals surface area contributed by atoms with E-state index in [0.29, 0.717) is 34.4 Å². The molecule has 0 aliphatic rings.